The van der Waals surface area contributed by atoms with Crippen molar-refractivity contribution in [1.29, 1.82) is 0 Å². The maximum absolute atomic E-state index is 6.20. The van der Waals surface area contributed by atoms with E-state index in [1.54, 1.807) is 0 Å². The van der Waals surface area contributed by atoms with E-state index in [4.69, 9.17) is 15.5 Å². The summed E-state index contributed by atoms with van der Waals surface area (Å²) in [6.07, 6.45) is 8.41. The molecule has 0 amide bonds. The number of nitrogens with one attached hydrogen (secondary N) is 1. The second kappa shape index (κ2) is 8.02. The molecule has 0 aromatic heterocycles. The van der Waals surface area contributed by atoms with Crippen LogP contribution in [0.1, 0.15) is 56.1 Å². The molecule has 1 aromatic carbocycles. The molecule has 132 valence electrons. The molecule has 4 heteroatoms. The molecule has 1 aliphatic carbocycles. The van der Waals surface area contributed by atoms with Crippen LogP contribution in [0.4, 0.5) is 0 Å². The van der Waals surface area contributed by atoms with Crippen molar-refractivity contribution in [3.8, 4) is 0 Å². The summed E-state index contributed by atoms with van der Waals surface area (Å²) in [6, 6.07) is 9.19. The van der Waals surface area contributed by atoms with Gasteiger partial charge in [0, 0.05) is 24.7 Å². The van der Waals surface area contributed by atoms with Gasteiger partial charge >= 0.3 is 0 Å². The standard InChI is InChI=1S/C20H31N3O/c1-16-7-5-6-10-18(16)20(11-13-24-14-12-20)15-22-19(21)23-17-8-3-2-4-9-17/h5-7,10,17H,2-4,8-9,11-15H2,1H3,(H3,21,22,23). The number of hydrogen-bond acceptors (Lipinski definition) is 2. The molecule has 1 saturated carbocycles. The number of ether oxygens (including phenoxy) is 1. The molecule has 1 heterocycles. The Balaban J connectivity index is 1.72. The molecular weight excluding hydrogens is 298 g/mol. The lowest BCUT2D eigenvalue weighted by molar-refractivity contribution is 0.0529. The first-order chi connectivity index (χ1) is 11.7. The van der Waals surface area contributed by atoms with E-state index in [1.165, 1.54) is 43.2 Å². The predicted molar refractivity (Wildman–Crippen MR) is 99.4 cm³/mol. The number of guanidine groups is 1. The highest BCUT2D eigenvalue weighted by atomic mass is 16.5. The first kappa shape index (κ1) is 17.3. The summed E-state index contributed by atoms with van der Waals surface area (Å²) in [5, 5.41) is 3.44. The fourth-order valence-corrected chi connectivity index (χ4v) is 4.18. The SMILES string of the molecule is Cc1ccccc1C1(CN=C(N)NC2CCCCC2)CCOCC1. The van der Waals surface area contributed by atoms with Crippen molar-refractivity contribution in [2.45, 2.75) is 63.3 Å². The Bertz CT molecular complexity index is 558. The van der Waals surface area contributed by atoms with Gasteiger partial charge in [-0.3, -0.25) is 4.99 Å². The number of aryl methyl sites for hydroxylation is 1. The largest absolute Gasteiger partial charge is 0.381 e. The number of benzene rings is 1. The highest BCUT2D eigenvalue weighted by Crippen LogP contribution is 2.37. The molecule has 0 radical (unpaired) electrons. The smallest absolute Gasteiger partial charge is 0.188 e. The Morgan fingerprint density at radius 3 is 2.62 bits per heavy atom. The zero-order valence-electron chi connectivity index (χ0n) is 14.9. The molecule has 1 saturated heterocycles. The lowest BCUT2D eigenvalue weighted by Crippen LogP contribution is -2.43. The van der Waals surface area contributed by atoms with Gasteiger partial charge in [0.25, 0.3) is 0 Å². The molecule has 0 bridgehead atoms. The second-order valence-electron chi connectivity index (χ2n) is 7.39. The lowest BCUT2D eigenvalue weighted by Gasteiger charge is -2.37. The van der Waals surface area contributed by atoms with E-state index in [0.29, 0.717) is 12.0 Å². The Hall–Kier alpha value is -1.55. The van der Waals surface area contributed by atoms with Crippen molar-refractivity contribution in [3.63, 3.8) is 0 Å². The molecule has 24 heavy (non-hydrogen) atoms. The lowest BCUT2D eigenvalue weighted by atomic mass is 9.72. The van der Waals surface area contributed by atoms with Crippen LogP contribution in [0.25, 0.3) is 0 Å². The first-order valence-electron chi connectivity index (χ1n) is 9.40. The monoisotopic (exact) mass is 329 g/mol. The topological polar surface area (TPSA) is 59.6 Å². The zero-order chi connectivity index (χ0) is 16.8. The zero-order valence-corrected chi connectivity index (χ0v) is 14.9. The summed E-state index contributed by atoms with van der Waals surface area (Å²) in [5.74, 6) is 0.612. The molecule has 1 aliphatic heterocycles. The van der Waals surface area contributed by atoms with Crippen molar-refractivity contribution < 1.29 is 4.74 Å². The minimum Gasteiger partial charge on any atom is -0.381 e. The quantitative estimate of drug-likeness (QED) is 0.658. The molecule has 0 unspecified atom stereocenters. The van der Waals surface area contributed by atoms with Gasteiger partial charge in [0.15, 0.2) is 5.96 Å². The van der Waals surface area contributed by atoms with Crippen LogP contribution < -0.4 is 11.1 Å². The summed E-state index contributed by atoms with van der Waals surface area (Å²) >= 11 is 0. The summed E-state index contributed by atoms with van der Waals surface area (Å²) in [7, 11) is 0. The molecule has 2 fully saturated rings. The highest BCUT2D eigenvalue weighted by Gasteiger charge is 2.35. The minimum absolute atomic E-state index is 0.0580. The van der Waals surface area contributed by atoms with Crippen LogP contribution in [0.5, 0.6) is 0 Å². The van der Waals surface area contributed by atoms with Crippen molar-refractivity contribution in [3.05, 3.63) is 35.4 Å². The average Bonchev–Trinajstić information content (AvgIpc) is 2.62. The normalized spacial score (nSPS) is 22.3. The number of nitrogens with two attached hydrogens (primary N) is 1. The van der Waals surface area contributed by atoms with E-state index in [1.807, 2.05) is 0 Å². The molecule has 1 aromatic rings. The van der Waals surface area contributed by atoms with Crippen molar-refractivity contribution >= 4 is 5.96 Å². The van der Waals surface area contributed by atoms with Crippen molar-refractivity contribution in [2.24, 2.45) is 10.7 Å². The molecule has 0 spiro atoms. The van der Waals surface area contributed by atoms with Gasteiger partial charge in [-0.05, 0) is 43.7 Å². The fraction of sp³-hybridized carbons (Fsp3) is 0.650. The van der Waals surface area contributed by atoms with Gasteiger partial charge in [0.05, 0.1) is 6.54 Å². The van der Waals surface area contributed by atoms with E-state index in [2.05, 4.69) is 36.5 Å². The third-order valence-electron chi connectivity index (χ3n) is 5.68. The van der Waals surface area contributed by atoms with Crippen LogP contribution in [-0.4, -0.2) is 31.8 Å². The van der Waals surface area contributed by atoms with Gasteiger partial charge in [-0.15, -0.1) is 0 Å². The van der Waals surface area contributed by atoms with Crippen LogP contribution in [0.15, 0.2) is 29.3 Å². The van der Waals surface area contributed by atoms with Crippen LogP contribution in [0.3, 0.4) is 0 Å². The molecule has 4 nitrogen and oxygen atoms in total. The van der Waals surface area contributed by atoms with E-state index >= 15 is 0 Å². The van der Waals surface area contributed by atoms with Gasteiger partial charge in [0.2, 0.25) is 0 Å². The molecule has 3 rings (SSSR count). The van der Waals surface area contributed by atoms with Gasteiger partial charge in [-0.2, -0.15) is 0 Å². The third kappa shape index (κ3) is 4.10. The average molecular weight is 329 g/mol. The Labute approximate surface area is 145 Å². The maximum Gasteiger partial charge on any atom is 0.188 e. The number of hydrogen-bond donors (Lipinski definition) is 2. The third-order valence-corrected chi connectivity index (χ3v) is 5.68. The van der Waals surface area contributed by atoms with Gasteiger partial charge in [0.1, 0.15) is 0 Å². The van der Waals surface area contributed by atoms with E-state index in [-0.39, 0.29) is 5.41 Å². The first-order valence-corrected chi connectivity index (χ1v) is 9.40. The van der Waals surface area contributed by atoms with Crippen LogP contribution in [-0.2, 0) is 10.2 Å². The summed E-state index contributed by atoms with van der Waals surface area (Å²) in [4.78, 5) is 4.76. The van der Waals surface area contributed by atoms with E-state index in [9.17, 15) is 0 Å². The molecule has 2 aliphatic rings. The Kier molecular flexibility index (Phi) is 5.77. The van der Waals surface area contributed by atoms with Crippen LogP contribution in [0.2, 0.25) is 0 Å². The number of aliphatic imine (C=N–C) groups is 1. The molecule has 0 atom stereocenters. The Morgan fingerprint density at radius 2 is 1.92 bits per heavy atom. The van der Waals surface area contributed by atoms with E-state index in [0.717, 1.165) is 32.6 Å². The van der Waals surface area contributed by atoms with Gasteiger partial charge in [-0.1, -0.05) is 43.5 Å². The van der Waals surface area contributed by atoms with Gasteiger partial charge in [-0.25, -0.2) is 0 Å². The summed E-state index contributed by atoms with van der Waals surface area (Å²) in [6.45, 7) is 4.55. The maximum atomic E-state index is 6.20. The van der Waals surface area contributed by atoms with Crippen molar-refractivity contribution in [1.82, 2.24) is 5.32 Å². The predicted octanol–water partition coefficient (Wildman–Crippen LogP) is 3.28. The highest BCUT2D eigenvalue weighted by molar-refractivity contribution is 5.78. The molecular formula is C20H31N3O. The fourth-order valence-electron chi connectivity index (χ4n) is 4.18. The van der Waals surface area contributed by atoms with Gasteiger partial charge < -0.3 is 15.8 Å². The molecule has 3 N–H and O–H groups in total. The number of rotatable bonds is 4. The minimum atomic E-state index is 0.0580. The van der Waals surface area contributed by atoms with Crippen LogP contribution in [0, 0.1) is 6.92 Å². The Morgan fingerprint density at radius 1 is 1.21 bits per heavy atom. The summed E-state index contributed by atoms with van der Waals surface area (Å²) in [5.41, 5.74) is 9.01. The van der Waals surface area contributed by atoms with Crippen LogP contribution >= 0.6 is 0 Å². The second-order valence-corrected chi connectivity index (χ2v) is 7.39. The summed E-state index contributed by atoms with van der Waals surface area (Å²) < 4.78 is 5.62. The number of nitrogens with zero attached hydrogens (tertiary/aromatic N) is 1. The van der Waals surface area contributed by atoms with E-state index < -0.39 is 0 Å². The van der Waals surface area contributed by atoms with Crippen molar-refractivity contribution in [2.75, 3.05) is 19.8 Å².